The van der Waals surface area contributed by atoms with Crippen LogP contribution in [0.3, 0.4) is 0 Å². The Morgan fingerprint density at radius 3 is 2.43 bits per heavy atom. The van der Waals surface area contributed by atoms with E-state index in [4.69, 9.17) is 14.2 Å². The van der Waals surface area contributed by atoms with Crippen LogP contribution < -0.4 is 14.8 Å². The fraction of sp³-hybridized carbons (Fsp3) is 0.269. The van der Waals surface area contributed by atoms with Gasteiger partial charge in [-0.05, 0) is 43.3 Å². The predicted molar refractivity (Wildman–Crippen MR) is 133 cm³/mol. The van der Waals surface area contributed by atoms with Gasteiger partial charge in [0.15, 0.2) is 5.75 Å². The highest BCUT2D eigenvalue weighted by molar-refractivity contribution is 7.89. The monoisotopic (exact) mass is 496 g/mol. The summed E-state index contributed by atoms with van der Waals surface area (Å²) in [6.07, 6.45) is 0.0517. The van der Waals surface area contributed by atoms with Crippen LogP contribution in [0.15, 0.2) is 71.6 Å². The van der Waals surface area contributed by atoms with Gasteiger partial charge in [0, 0.05) is 18.7 Å². The zero-order valence-electron chi connectivity index (χ0n) is 19.7. The van der Waals surface area contributed by atoms with Crippen LogP contribution in [0.5, 0.6) is 17.2 Å². The molecule has 1 fully saturated rings. The van der Waals surface area contributed by atoms with Crippen LogP contribution in [-0.4, -0.2) is 52.0 Å². The summed E-state index contributed by atoms with van der Waals surface area (Å²) in [7, 11) is -2.21. The lowest BCUT2D eigenvalue weighted by atomic mass is 10.1. The average molecular weight is 497 g/mol. The maximum atomic E-state index is 13.2. The Hall–Kier alpha value is -3.40. The molecular weight excluding hydrogens is 468 g/mol. The van der Waals surface area contributed by atoms with Crippen molar-refractivity contribution in [3.63, 3.8) is 0 Å². The molecule has 0 aliphatic carbocycles. The molecule has 9 heteroatoms. The molecule has 3 aromatic carbocycles. The second-order valence-electron chi connectivity index (χ2n) is 8.13. The van der Waals surface area contributed by atoms with Crippen molar-refractivity contribution in [2.45, 2.75) is 18.2 Å². The van der Waals surface area contributed by atoms with Crippen LogP contribution in [0.25, 0.3) is 0 Å². The molecule has 0 spiro atoms. The number of amides is 1. The first-order valence-corrected chi connectivity index (χ1v) is 12.7. The molecule has 1 aliphatic rings. The molecule has 1 aliphatic heterocycles. The lowest BCUT2D eigenvalue weighted by molar-refractivity contribution is -0.115. The summed E-state index contributed by atoms with van der Waals surface area (Å²) in [5, 5.41) is 2.84. The number of anilines is 1. The molecule has 4 rings (SSSR count). The second-order valence-corrected chi connectivity index (χ2v) is 10.1. The zero-order valence-corrected chi connectivity index (χ0v) is 20.5. The standard InChI is InChI=1S/C26H28N2O6S/c1-19-8-10-24(32-2)20(16-19)17-26(29)27-23-18-22(35(30,31)28-12-14-33-15-13-28)9-11-25(23)34-21-6-4-3-5-7-21/h3-11,16,18H,12-15,17H2,1-2H3,(H,27,29). The van der Waals surface area contributed by atoms with E-state index in [9.17, 15) is 13.2 Å². The molecular formula is C26H28N2O6S. The normalized spacial score (nSPS) is 14.3. The molecule has 8 nitrogen and oxygen atoms in total. The number of morpholine rings is 1. The number of methoxy groups -OCH3 is 1. The topological polar surface area (TPSA) is 94.2 Å². The number of aryl methyl sites for hydroxylation is 1. The number of para-hydroxylation sites is 1. The summed E-state index contributed by atoms with van der Waals surface area (Å²) in [5.41, 5.74) is 1.99. The molecule has 1 N–H and O–H groups in total. The van der Waals surface area contributed by atoms with E-state index in [1.807, 2.05) is 43.3 Å². The first-order valence-electron chi connectivity index (χ1n) is 11.2. The number of sulfonamides is 1. The van der Waals surface area contributed by atoms with Crippen LogP contribution in [-0.2, 0) is 26.0 Å². The average Bonchev–Trinajstić information content (AvgIpc) is 2.86. The molecule has 184 valence electrons. The van der Waals surface area contributed by atoms with E-state index >= 15 is 0 Å². The first kappa shape index (κ1) is 24.7. The minimum Gasteiger partial charge on any atom is -0.496 e. The SMILES string of the molecule is COc1ccc(C)cc1CC(=O)Nc1cc(S(=O)(=O)N2CCOCC2)ccc1Oc1ccccc1. The van der Waals surface area contributed by atoms with Gasteiger partial charge in [-0.3, -0.25) is 4.79 Å². The molecule has 35 heavy (non-hydrogen) atoms. The van der Waals surface area contributed by atoms with Crippen LogP contribution in [0.2, 0.25) is 0 Å². The Balaban J connectivity index is 1.64. The quantitative estimate of drug-likeness (QED) is 0.507. The maximum Gasteiger partial charge on any atom is 0.243 e. The Kier molecular flexibility index (Phi) is 7.70. The third-order valence-electron chi connectivity index (χ3n) is 5.59. The minimum atomic E-state index is -3.76. The van der Waals surface area contributed by atoms with Gasteiger partial charge in [-0.1, -0.05) is 35.9 Å². The van der Waals surface area contributed by atoms with Crippen molar-refractivity contribution < 1.29 is 27.4 Å². The fourth-order valence-corrected chi connectivity index (χ4v) is 5.26. The van der Waals surface area contributed by atoms with Gasteiger partial charge in [0.1, 0.15) is 11.5 Å². The van der Waals surface area contributed by atoms with Gasteiger partial charge in [0.2, 0.25) is 15.9 Å². The van der Waals surface area contributed by atoms with Crippen molar-refractivity contribution in [1.29, 1.82) is 0 Å². The Morgan fingerprint density at radius 1 is 1.00 bits per heavy atom. The summed E-state index contributed by atoms with van der Waals surface area (Å²) in [6, 6.07) is 19.2. The van der Waals surface area contributed by atoms with E-state index < -0.39 is 10.0 Å². The number of hydrogen-bond donors (Lipinski definition) is 1. The van der Waals surface area contributed by atoms with E-state index in [1.165, 1.54) is 16.4 Å². The third-order valence-corrected chi connectivity index (χ3v) is 7.49. The zero-order chi connectivity index (χ0) is 24.8. The van der Waals surface area contributed by atoms with E-state index in [0.29, 0.717) is 30.5 Å². The molecule has 0 bridgehead atoms. The lowest BCUT2D eigenvalue weighted by Crippen LogP contribution is -2.40. The number of nitrogens with zero attached hydrogens (tertiary/aromatic N) is 1. The van der Waals surface area contributed by atoms with Gasteiger partial charge in [-0.25, -0.2) is 8.42 Å². The summed E-state index contributed by atoms with van der Waals surface area (Å²) in [6.45, 7) is 3.18. The third kappa shape index (κ3) is 6.00. The number of carbonyl (C=O) groups is 1. The largest absolute Gasteiger partial charge is 0.496 e. The van der Waals surface area contributed by atoms with Crippen molar-refractivity contribution in [3.05, 3.63) is 77.9 Å². The highest BCUT2D eigenvalue weighted by atomic mass is 32.2. The summed E-state index contributed by atoms with van der Waals surface area (Å²) in [4.78, 5) is 13.1. The smallest absolute Gasteiger partial charge is 0.243 e. The lowest BCUT2D eigenvalue weighted by Gasteiger charge is -2.26. The summed E-state index contributed by atoms with van der Waals surface area (Å²) in [5.74, 6) is 1.18. The van der Waals surface area contributed by atoms with Crippen LogP contribution in [0.4, 0.5) is 5.69 Å². The molecule has 0 atom stereocenters. The van der Waals surface area contributed by atoms with Gasteiger partial charge in [0.25, 0.3) is 0 Å². The number of rotatable bonds is 8. The van der Waals surface area contributed by atoms with E-state index in [-0.39, 0.29) is 36.0 Å². The van der Waals surface area contributed by atoms with E-state index in [1.54, 1.807) is 25.3 Å². The molecule has 0 radical (unpaired) electrons. The number of benzene rings is 3. The predicted octanol–water partition coefficient (Wildman–Crippen LogP) is 4.00. The molecule has 0 unspecified atom stereocenters. The minimum absolute atomic E-state index is 0.0517. The molecule has 0 saturated carbocycles. The first-order chi connectivity index (χ1) is 16.9. The number of carbonyl (C=O) groups excluding carboxylic acids is 1. The van der Waals surface area contributed by atoms with Crippen LogP contribution >= 0.6 is 0 Å². The maximum absolute atomic E-state index is 13.2. The van der Waals surface area contributed by atoms with Crippen molar-refractivity contribution in [3.8, 4) is 17.2 Å². The fourth-order valence-electron chi connectivity index (χ4n) is 3.82. The summed E-state index contributed by atoms with van der Waals surface area (Å²) >= 11 is 0. The van der Waals surface area contributed by atoms with Gasteiger partial charge in [0.05, 0.1) is 37.3 Å². The highest BCUT2D eigenvalue weighted by Crippen LogP contribution is 2.33. The van der Waals surface area contributed by atoms with E-state index in [0.717, 1.165) is 11.1 Å². The Morgan fingerprint density at radius 2 is 1.71 bits per heavy atom. The second kappa shape index (κ2) is 10.9. The molecule has 1 amide bonds. The van der Waals surface area contributed by atoms with Crippen LogP contribution in [0, 0.1) is 6.92 Å². The Labute approximate surface area is 205 Å². The molecule has 0 aromatic heterocycles. The van der Waals surface area contributed by atoms with E-state index in [2.05, 4.69) is 5.32 Å². The Bertz CT molecular complexity index is 1290. The number of ether oxygens (including phenoxy) is 3. The summed E-state index contributed by atoms with van der Waals surface area (Å²) < 4.78 is 44.4. The van der Waals surface area contributed by atoms with Crippen LogP contribution in [0.1, 0.15) is 11.1 Å². The van der Waals surface area contributed by atoms with Gasteiger partial charge >= 0.3 is 0 Å². The molecule has 3 aromatic rings. The van der Waals surface area contributed by atoms with Crippen molar-refractivity contribution >= 4 is 21.6 Å². The number of nitrogens with one attached hydrogen (secondary N) is 1. The van der Waals surface area contributed by atoms with Crippen molar-refractivity contribution in [2.24, 2.45) is 0 Å². The highest BCUT2D eigenvalue weighted by Gasteiger charge is 2.27. The van der Waals surface area contributed by atoms with Gasteiger partial charge in [-0.2, -0.15) is 4.31 Å². The number of hydrogen-bond acceptors (Lipinski definition) is 6. The van der Waals surface area contributed by atoms with Crippen molar-refractivity contribution in [2.75, 3.05) is 38.7 Å². The van der Waals surface area contributed by atoms with Gasteiger partial charge in [-0.15, -0.1) is 0 Å². The van der Waals surface area contributed by atoms with Gasteiger partial charge < -0.3 is 19.5 Å². The molecule has 1 heterocycles. The van der Waals surface area contributed by atoms with Crippen molar-refractivity contribution in [1.82, 2.24) is 4.31 Å². The molecule has 1 saturated heterocycles.